The summed E-state index contributed by atoms with van der Waals surface area (Å²) in [5, 5.41) is 0.235. The van der Waals surface area contributed by atoms with Crippen molar-refractivity contribution in [3.8, 4) is 0 Å². The Morgan fingerprint density at radius 2 is 1.75 bits per heavy atom. The second kappa shape index (κ2) is 3.75. The summed E-state index contributed by atoms with van der Waals surface area (Å²) in [6.45, 7) is 17.0. The minimum Gasteiger partial charge on any atom is -0.410 e. The highest BCUT2D eigenvalue weighted by Gasteiger charge is 2.39. The fourth-order valence-electron chi connectivity index (χ4n) is 1.02. The van der Waals surface area contributed by atoms with E-state index in [1.54, 1.807) is 0 Å². The number of rotatable bonds is 3. The van der Waals surface area contributed by atoms with Crippen molar-refractivity contribution in [3.63, 3.8) is 0 Å². The van der Waals surface area contributed by atoms with Gasteiger partial charge in [-0.2, -0.15) is 0 Å². The monoisotopic (exact) mass is 186 g/mol. The van der Waals surface area contributed by atoms with Gasteiger partial charge in [0, 0.05) is 6.10 Å². The summed E-state index contributed by atoms with van der Waals surface area (Å²) >= 11 is 0. The Bertz CT molecular complexity index is 158. The van der Waals surface area contributed by atoms with Crippen molar-refractivity contribution < 1.29 is 4.43 Å². The van der Waals surface area contributed by atoms with Crippen LogP contribution in [0, 0.1) is 0 Å². The number of hydrogen-bond acceptors (Lipinski definition) is 1. The average Bonchev–Trinajstić information content (AvgIpc) is 1.83. The SMILES string of the molecule is C=C[Si](C)(OC(C)C)C(C)(C)C. The molecule has 0 aliphatic heterocycles. The van der Waals surface area contributed by atoms with Crippen molar-refractivity contribution in [2.24, 2.45) is 0 Å². The van der Waals surface area contributed by atoms with E-state index in [4.69, 9.17) is 4.43 Å². The molecule has 0 heterocycles. The van der Waals surface area contributed by atoms with Gasteiger partial charge >= 0.3 is 0 Å². The van der Waals surface area contributed by atoms with E-state index in [-0.39, 0.29) is 5.04 Å². The van der Waals surface area contributed by atoms with E-state index < -0.39 is 8.32 Å². The zero-order valence-electron chi connectivity index (χ0n) is 9.27. The summed E-state index contributed by atoms with van der Waals surface area (Å²) in [5.41, 5.74) is 2.03. The molecule has 0 amide bonds. The van der Waals surface area contributed by atoms with Crippen molar-refractivity contribution >= 4 is 8.32 Å². The smallest absolute Gasteiger partial charge is 0.219 e. The Hall–Kier alpha value is -0.0831. The van der Waals surface area contributed by atoms with Crippen LogP contribution in [-0.4, -0.2) is 14.4 Å². The molecule has 0 aromatic carbocycles. The molecule has 0 aliphatic carbocycles. The lowest BCUT2D eigenvalue weighted by Crippen LogP contribution is -2.44. The van der Waals surface area contributed by atoms with Gasteiger partial charge < -0.3 is 4.43 Å². The molecule has 2 heteroatoms. The Labute approximate surface area is 78.0 Å². The highest BCUT2D eigenvalue weighted by atomic mass is 28.4. The third kappa shape index (κ3) is 2.76. The largest absolute Gasteiger partial charge is 0.410 e. The first-order chi connectivity index (χ1) is 5.23. The summed E-state index contributed by atoms with van der Waals surface area (Å²) < 4.78 is 5.97. The summed E-state index contributed by atoms with van der Waals surface area (Å²) in [7, 11) is -1.72. The average molecular weight is 186 g/mol. The molecule has 0 radical (unpaired) electrons. The third-order valence-electron chi connectivity index (χ3n) is 2.36. The second-order valence-electron chi connectivity index (χ2n) is 4.73. The van der Waals surface area contributed by atoms with Crippen molar-refractivity contribution in [2.75, 3.05) is 0 Å². The van der Waals surface area contributed by atoms with Crippen molar-refractivity contribution in [2.45, 2.75) is 52.3 Å². The van der Waals surface area contributed by atoms with Crippen molar-refractivity contribution in [1.29, 1.82) is 0 Å². The Morgan fingerprint density at radius 1 is 1.33 bits per heavy atom. The van der Waals surface area contributed by atoms with E-state index >= 15 is 0 Å². The van der Waals surface area contributed by atoms with Gasteiger partial charge in [-0.1, -0.05) is 26.5 Å². The van der Waals surface area contributed by atoms with Crippen molar-refractivity contribution in [3.05, 3.63) is 12.3 Å². The molecular formula is C10H22OSi. The Kier molecular flexibility index (Phi) is 3.73. The maximum atomic E-state index is 5.97. The molecule has 0 aromatic rings. The van der Waals surface area contributed by atoms with Crippen molar-refractivity contribution in [1.82, 2.24) is 0 Å². The van der Waals surface area contributed by atoms with Gasteiger partial charge in [0.05, 0.1) is 0 Å². The first kappa shape index (κ1) is 11.9. The molecule has 0 rings (SSSR count). The molecule has 0 bridgehead atoms. The molecule has 1 nitrogen and oxygen atoms in total. The minimum absolute atomic E-state index is 0.235. The molecule has 0 N–H and O–H groups in total. The second-order valence-corrected chi connectivity index (χ2v) is 9.09. The Morgan fingerprint density at radius 3 is 1.83 bits per heavy atom. The van der Waals surface area contributed by atoms with E-state index in [1.807, 2.05) is 5.70 Å². The van der Waals surface area contributed by atoms with Crippen LogP contribution in [-0.2, 0) is 4.43 Å². The molecule has 0 spiro atoms. The molecular weight excluding hydrogens is 164 g/mol. The van der Waals surface area contributed by atoms with Gasteiger partial charge in [0.2, 0.25) is 8.32 Å². The summed E-state index contributed by atoms with van der Waals surface area (Å²) in [5.74, 6) is 0. The van der Waals surface area contributed by atoms with Crippen LogP contribution in [0.4, 0.5) is 0 Å². The Balaban J connectivity index is 4.57. The molecule has 0 aromatic heterocycles. The fraction of sp³-hybridized carbons (Fsp3) is 0.800. The van der Waals surface area contributed by atoms with Crippen LogP contribution in [0.15, 0.2) is 12.3 Å². The lowest BCUT2D eigenvalue weighted by molar-refractivity contribution is 0.221. The highest BCUT2D eigenvalue weighted by molar-refractivity contribution is 6.80. The third-order valence-corrected chi connectivity index (χ3v) is 7.08. The van der Waals surface area contributed by atoms with Gasteiger partial charge in [0.1, 0.15) is 0 Å². The zero-order valence-corrected chi connectivity index (χ0v) is 10.3. The summed E-state index contributed by atoms with van der Waals surface area (Å²) in [6, 6.07) is 0. The molecule has 0 saturated heterocycles. The molecule has 1 unspecified atom stereocenters. The van der Waals surface area contributed by atoms with Gasteiger partial charge in [0.15, 0.2) is 0 Å². The molecule has 0 saturated carbocycles. The van der Waals surface area contributed by atoms with E-state index in [0.29, 0.717) is 6.10 Å². The maximum absolute atomic E-state index is 5.97. The van der Waals surface area contributed by atoms with E-state index in [0.717, 1.165) is 0 Å². The summed E-state index contributed by atoms with van der Waals surface area (Å²) in [4.78, 5) is 0. The van der Waals surface area contributed by atoms with E-state index in [9.17, 15) is 0 Å². The quantitative estimate of drug-likeness (QED) is 0.613. The normalized spacial score (nSPS) is 17.6. The van der Waals surface area contributed by atoms with Gasteiger partial charge in [0.25, 0.3) is 0 Å². The predicted octanol–water partition coefficient (Wildman–Crippen LogP) is 3.51. The molecule has 12 heavy (non-hydrogen) atoms. The molecule has 72 valence electrons. The topological polar surface area (TPSA) is 9.23 Å². The molecule has 0 aliphatic rings. The van der Waals surface area contributed by atoms with Crippen LogP contribution in [0.2, 0.25) is 11.6 Å². The van der Waals surface area contributed by atoms with Gasteiger partial charge in [-0.15, -0.1) is 6.58 Å². The molecule has 1 atom stereocenters. The van der Waals surface area contributed by atoms with Gasteiger partial charge in [-0.3, -0.25) is 0 Å². The van der Waals surface area contributed by atoms with Crippen LogP contribution in [0.1, 0.15) is 34.6 Å². The fourth-order valence-corrected chi connectivity index (χ4v) is 3.06. The van der Waals surface area contributed by atoms with Crippen LogP contribution in [0.25, 0.3) is 0 Å². The van der Waals surface area contributed by atoms with E-state index in [1.165, 1.54) is 0 Å². The predicted molar refractivity (Wildman–Crippen MR) is 57.8 cm³/mol. The number of hydrogen-bond donors (Lipinski definition) is 0. The van der Waals surface area contributed by atoms with Gasteiger partial charge in [-0.05, 0) is 25.4 Å². The lowest BCUT2D eigenvalue weighted by atomic mass is 10.2. The summed E-state index contributed by atoms with van der Waals surface area (Å²) in [6.07, 6.45) is 0.305. The van der Waals surface area contributed by atoms with Crippen LogP contribution >= 0.6 is 0 Å². The van der Waals surface area contributed by atoms with E-state index in [2.05, 4.69) is 47.7 Å². The first-order valence-corrected chi connectivity index (χ1v) is 7.03. The first-order valence-electron chi connectivity index (χ1n) is 4.54. The maximum Gasteiger partial charge on any atom is 0.219 e. The highest BCUT2D eigenvalue weighted by Crippen LogP contribution is 2.37. The zero-order chi connectivity index (χ0) is 9.99. The van der Waals surface area contributed by atoms with Gasteiger partial charge in [-0.25, -0.2) is 0 Å². The minimum atomic E-state index is -1.72. The lowest BCUT2D eigenvalue weighted by Gasteiger charge is -2.38. The van der Waals surface area contributed by atoms with Crippen LogP contribution in [0.5, 0.6) is 0 Å². The van der Waals surface area contributed by atoms with Crippen LogP contribution in [0.3, 0.4) is 0 Å². The van der Waals surface area contributed by atoms with Crippen LogP contribution < -0.4 is 0 Å². The standard InChI is InChI=1S/C10H22OSi/c1-8-12(7,10(4,5)6)11-9(2)3/h8-9H,1H2,2-7H3. The molecule has 0 fully saturated rings.